The molecule has 0 radical (unpaired) electrons. The number of hydrogen-bond donors (Lipinski definition) is 1. The Labute approximate surface area is 191 Å². The van der Waals surface area contributed by atoms with Crippen molar-refractivity contribution >= 4 is 49.9 Å². The van der Waals surface area contributed by atoms with E-state index in [-0.39, 0.29) is 12.5 Å². The van der Waals surface area contributed by atoms with Gasteiger partial charge in [-0.05, 0) is 49.3 Å². The number of hydrogen-bond acceptors (Lipinski definition) is 7. The number of anilines is 2. The summed E-state index contributed by atoms with van der Waals surface area (Å²) in [5, 5.41) is 4.73. The van der Waals surface area contributed by atoms with Crippen LogP contribution in [0.25, 0.3) is 11.0 Å². The molecule has 2 aliphatic rings. The number of benzene rings is 1. The smallest absolute Gasteiger partial charge is 0.252 e. The second kappa shape index (κ2) is 8.76. The molecule has 5 rings (SSSR count). The van der Waals surface area contributed by atoms with Gasteiger partial charge in [0.15, 0.2) is 11.6 Å². The molecule has 2 saturated heterocycles. The van der Waals surface area contributed by atoms with Gasteiger partial charge in [-0.2, -0.15) is 4.31 Å². The molecule has 1 unspecified atom stereocenters. The van der Waals surface area contributed by atoms with Crippen LogP contribution in [0.3, 0.4) is 0 Å². The summed E-state index contributed by atoms with van der Waals surface area (Å²) in [6.07, 6.45) is 3.45. The molecule has 0 bridgehead atoms. The number of amides is 1. The number of carbonyl (C=O) groups is 1. The third-order valence-electron chi connectivity index (χ3n) is 6.04. The highest BCUT2D eigenvalue weighted by atomic mass is 32.2. The van der Waals surface area contributed by atoms with Crippen molar-refractivity contribution in [1.29, 1.82) is 0 Å². The Bertz CT molecular complexity index is 1220. The molecule has 0 aliphatic carbocycles. The Morgan fingerprint density at radius 2 is 1.75 bits per heavy atom. The van der Waals surface area contributed by atoms with Gasteiger partial charge < -0.3 is 10.2 Å². The van der Waals surface area contributed by atoms with Gasteiger partial charge in [-0.25, -0.2) is 18.4 Å². The summed E-state index contributed by atoms with van der Waals surface area (Å²) >= 11 is 1.20. The maximum Gasteiger partial charge on any atom is 0.252 e. The van der Waals surface area contributed by atoms with Crippen LogP contribution in [0.5, 0.6) is 0 Å². The molecule has 2 aliphatic heterocycles. The SMILES string of the molecule is O=C(Nc1nc2ccccc2nc1N1CCCC1)C1CCCN(S(=O)(=O)c2cccs2)C1. The number of carbonyl (C=O) groups excluding carboxylic acids is 1. The molecule has 1 N–H and O–H groups in total. The summed E-state index contributed by atoms with van der Waals surface area (Å²) < 4.78 is 27.6. The molecule has 0 spiro atoms. The summed E-state index contributed by atoms with van der Waals surface area (Å²) in [5.41, 5.74) is 1.51. The van der Waals surface area contributed by atoms with Crippen LogP contribution in [0, 0.1) is 5.92 Å². The number of nitrogens with zero attached hydrogens (tertiary/aromatic N) is 4. The van der Waals surface area contributed by atoms with E-state index in [4.69, 9.17) is 9.97 Å². The minimum atomic E-state index is -3.57. The molecule has 1 amide bonds. The van der Waals surface area contributed by atoms with Crippen molar-refractivity contribution in [3.8, 4) is 0 Å². The molecule has 2 fully saturated rings. The molecule has 1 aromatic carbocycles. The standard InChI is InChI=1S/C22H25N5O3S2/c28-22(16-7-5-13-27(15-16)32(29,30)19-10-6-14-31-19)25-20-21(26-11-3-4-12-26)24-18-9-2-1-8-17(18)23-20/h1-2,6,8-10,14,16H,3-5,7,11-13,15H2,(H,23,25,28). The van der Waals surface area contributed by atoms with E-state index in [1.165, 1.54) is 15.6 Å². The predicted molar refractivity (Wildman–Crippen MR) is 125 cm³/mol. The van der Waals surface area contributed by atoms with E-state index >= 15 is 0 Å². The molecule has 4 heterocycles. The number of piperidine rings is 1. The lowest BCUT2D eigenvalue weighted by Gasteiger charge is -2.31. The number of aromatic nitrogens is 2. The van der Waals surface area contributed by atoms with E-state index in [1.54, 1.807) is 17.5 Å². The normalized spacial score (nSPS) is 20.0. The van der Waals surface area contributed by atoms with Crippen molar-refractivity contribution in [2.45, 2.75) is 29.9 Å². The molecular formula is C22H25N5O3S2. The summed E-state index contributed by atoms with van der Waals surface area (Å²) in [4.78, 5) is 24.9. The second-order valence-electron chi connectivity index (χ2n) is 8.20. The number of sulfonamides is 1. The van der Waals surface area contributed by atoms with Crippen LogP contribution in [0.4, 0.5) is 11.6 Å². The largest absolute Gasteiger partial charge is 0.354 e. The van der Waals surface area contributed by atoms with E-state index < -0.39 is 15.9 Å². The van der Waals surface area contributed by atoms with E-state index in [9.17, 15) is 13.2 Å². The van der Waals surface area contributed by atoms with Gasteiger partial charge in [0.1, 0.15) is 4.21 Å². The fourth-order valence-corrected chi connectivity index (χ4v) is 7.02. The summed E-state index contributed by atoms with van der Waals surface area (Å²) in [7, 11) is -3.57. The lowest BCUT2D eigenvalue weighted by molar-refractivity contribution is -0.120. The summed E-state index contributed by atoms with van der Waals surface area (Å²) in [6, 6.07) is 10.9. The number of fused-ring (bicyclic) bond motifs is 1. The van der Waals surface area contributed by atoms with Crippen molar-refractivity contribution in [3.63, 3.8) is 0 Å². The molecule has 168 valence electrons. The molecule has 3 aromatic rings. The molecular weight excluding hydrogens is 446 g/mol. The molecule has 1 atom stereocenters. The average molecular weight is 472 g/mol. The van der Waals surface area contributed by atoms with Gasteiger partial charge in [-0.15, -0.1) is 11.3 Å². The van der Waals surface area contributed by atoms with Crippen molar-refractivity contribution in [3.05, 3.63) is 41.8 Å². The minimum Gasteiger partial charge on any atom is -0.354 e. The Morgan fingerprint density at radius 1 is 1.00 bits per heavy atom. The van der Waals surface area contributed by atoms with E-state index in [1.807, 2.05) is 24.3 Å². The molecule has 2 aromatic heterocycles. The van der Waals surface area contributed by atoms with Crippen LogP contribution >= 0.6 is 11.3 Å². The van der Waals surface area contributed by atoms with Gasteiger partial charge in [-0.1, -0.05) is 18.2 Å². The maximum atomic E-state index is 13.2. The van der Waals surface area contributed by atoms with E-state index in [0.29, 0.717) is 35.2 Å². The number of para-hydroxylation sites is 2. The zero-order valence-electron chi connectivity index (χ0n) is 17.6. The minimum absolute atomic E-state index is 0.173. The van der Waals surface area contributed by atoms with E-state index in [0.717, 1.165) is 37.0 Å². The van der Waals surface area contributed by atoms with E-state index in [2.05, 4.69) is 10.2 Å². The number of rotatable bonds is 5. The zero-order valence-corrected chi connectivity index (χ0v) is 19.2. The summed E-state index contributed by atoms with van der Waals surface area (Å²) in [5.74, 6) is 0.501. The highest BCUT2D eigenvalue weighted by molar-refractivity contribution is 7.91. The Kier molecular flexibility index (Phi) is 5.83. The average Bonchev–Trinajstić information content (AvgIpc) is 3.53. The van der Waals surface area contributed by atoms with Crippen LogP contribution in [-0.2, 0) is 14.8 Å². The van der Waals surface area contributed by atoms with Crippen molar-refractivity contribution in [1.82, 2.24) is 14.3 Å². The van der Waals surface area contributed by atoms with Crippen molar-refractivity contribution in [2.24, 2.45) is 5.92 Å². The Balaban J connectivity index is 1.39. The van der Waals surface area contributed by atoms with Gasteiger partial charge in [0, 0.05) is 26.2 Å². The fraction of sp³-hybridized carbons (Fsp3) is 0.409. The third-order valence-corrected chi connectivity index (χ3v) is 9.28. The Morgan fingerprint density at radius 3 is 2.47 bits per heavy atom. The quantitative estimate of drug-likeness (QED) is 0.613. The second-order valence-corrected chi connectivity index (χ2v) is 11.3. The van der Waals surface area contributed by atoms with Gasteiger partial charge >= 0.3 is 0 Å². The molecule has 10 heteroatoms. The molecule has 0 saturated carbocycles. The van der Waals surface area contributed by atoms with Gasteiger partial charge in [0.25, 0.3) is 10.0 Å². The number of thiophene rings is 1. The zero-order chi connectivity index (χ0) is 22.1. The van der Waals surface area contributed by atoms with Gasteiger partial charge in [0.05, 0.1) is 17.0 Å². The molecule has 32 heavy (non-hydrogen) atoms. The predicted octanol–water partition coefficient (Wildman–Crippen LogP) is 3.33. The van der Waals surface area contributed by atoms with Gasteiger partial charge in [-0.3, -0.25) is 4.79 Å². The van der Waals surface area contributed by atoms with Gasteiger partial charge in [0.2, 0.25) is 5.91 Å². The third kappa shape index (κ3) is 4.10. The van der Waals surface area contributed by atoms with Crippen LogP contribution in [0.1, 0.15) is 25.7 Å². The van der Waals surface area contributed by atoms with Crippen molar-refractivity contribution < 1.29 is 13.2 Å². The number of nitrogens with one attached hydrogen (secondary N) is 1. The fourth-order valence-electron chi connectivity index (χ4n) is 4.36. The lowest BCUT2D eigenvalue weighted by Crippen LogP contribution is -2.43. The lowest BCUT2D eigenvalue weighted by atomic mass is 9.99. The Hall–Kier alpha value is -2.56. The highest BCUT2D eigenvalue weighted by Crippen LogP contribution is 2.30. The van der Waals surface area contributed by atoms with Crippen LogP contribution in [0.15, 0.2) is 46.0 Å². The summed E-state index contributed by atoms with van der Waals surface area (Å²) in [6.45, 7) is 2.36. The first-order valence-electron chi connectivity index (χ1n) is 10.9. The monoisotopic (exact) mass is 471 g/mol. The highest BCUT2D eigenvalue weighted by Gasteiger charge is 2.34. The van der Waals surface area contributed by atoms with Crippen LogP contribution < -0.4 is 10.2 Å². The molecule has 8 nitrogen and oxygen atoms in total. The van der Waals surface area contributed by atoms with Crippen LogP contribution in [-0.4, -0.2) is 54.8 Å². The maximum absolute atomic E-state index is 13.2. The topological polar surface area (TPSA) is 95.5 Å². The van der Waals surface area contributed by atoms with Crippen molar-refractivity contribution in [2.75, 3.05) is 36.4 Å². The van der Waals surface area contributed by atoms with Crippen LogP contribution in [0.2, 0.25) is 0 Å². The first-order chi connectivity index (χ1) is 15.5. The first-order valence-corrected chi connectivity index (χ1v) is 13.2. The first kappa shape index (κ1) is 21.3.